The SMILES string of the molecule is NCc1cccc2ccc(C(=O)NCCc3nnc4n3CCNC4=O)cc12. The fourth-order valence-electron chi connectivity index (χ4n) is 3.33. The molecule has 3 aromatic rings. The Balaban J connectivity index is 1.44. The van der Waals surface area contributed by atoms with Crippen molar-refractivity contribution >= 4 is 22.6 Å². The lowest BCUT2D eigenvalue weighted by Gasteiger charge is -2.15. The van der Waals surface area contributed by atoms with E-state index in [0.29, 0.717) is 49.8 Å². The molecule has 0 saturated carbocycles. The van der Waals surface area contributed by atoms with Gasteiger partial charge in [0.05, 0.1) is 0 Å². The topological polar surface area (TPSA) is 115 Å². The molecular weight excluding hydrogens is 344 g/mol. The van der Waals surface area contributed by atoms with E-state index in [1.54, 1.807) is 10.6 Å². The van der Waals surface area contributed by atoms with Gasteiger partial charge in [0, 0.05) is 38.2 Å². The second kappa shape index (κ2) is 7.16. The number of benzene rings is 2. The highest BCUT2D eigenvalue weighted by Crippen LogP contribution is 2.20. The van der Waals surface area contributed by atoms with Gasteiger partial charge >= 0.3 is 0 Å². The highest BCUT2D eigenvalue weighted by molar-refractivity contribution is 5.99. The summed E-state index contributed by atoms with van der Waals surface area (Å²) in [5, 5.41) is 15.7. The quantitative estimate of drug-likeness (QED) is 0.613. The first kappa shape index (κ1) is 17.2. The molecule has 1 aromatic heterocycles. The molecule has 0 spiro atoms. The van der Waals surface area contributed by atoms with E-state index in [1.807, 2.05) is 30.3 Å². The maximum Gasteiger partial charge on any atom is 0.289 e. The van der Waals surface area contributed by atoms with Crippen molar-refractivity contribution in [3.63, 3.8) is 0 Å². The number of carbonyl (C=O) groups is 2. The molecule has 0 radical (unpaired) electrons. The number of nitrogens with one attached hydrogen (secondary N) is 2. The Bertz CT molecular complexity index is 1030. The van der Waals surface area contributed by atoms with E-state index < -0.39 is 0 Å². The Morgan fingerprint density at radius 3 is 3.00 bits per heavy atom. The van der Waals surface area contributed by atoms with Crippen LogP contribution in [0.2, 0.25) is 0 Å². The molecule has 1 aliphatic rings. The van der Waals surface area contributed by atoms with E-state index in [2.05, 4.69) is 20.8 Å². The molecule has 0 atom stereocenters. The van der Waals surface area contributed by atoms with Crippen LogP contribution in [0.15, 0.2) is 36.4 Å². The van der Waals surface area contributed by atoms with Crippen molar-refractivity contribution in [3.8, 4) is 0 Å². The van der Waals surface area contributed by atoms with E-state index in [1.165, 1.54) is 0 Å². The van der Waals surface area contributed by atoms with Crippen molar-refractivity contribution in [1.82, 2.24) is 25.4 Å². The summed E-state index contributed by atoms with van der Waals surface area (Å²) < 4.78 is 1.80. The molecule has 27 heavy (non-hydrogen) atoms. The van der Waals surface area contributed by atoms with E-state index in [0.717, 1.165) is 16.3 Å². The Hall–Kier alpha value is -3.26. The highest BCUT2D eigenvalue weighted by Gasteiger charge is 2.22. The number of carbonyl (C=O) groups excluding carboxylic acids is 2. The summed E-state index contributed by atoms with van der Waals surface area (Å²) in [5.41, 5.74) is 7.40. The highest BCUT2D eigenvalue weighted by atomic mass is 16.2. The summed E-state index contributed by atoms with van der Waals surface area (Å²) >= 11 is 0. The predicted molar refractivity (Wildman–Crippen MR) is 100 cm³/mol. The third-order valence-electron chi connectivity index (χ3n) is 4.74. The molecule has 2 heterocycles. The van der Waals surface area contributed by atoms with Gasteiger partial charge < -0.3 is 20.9 Å². The zero-order valence-electron chi connectivity index (χ0n) is 14.7. The van der Waals surface area contributed by atoms with Crippen LogP contribution < -0.4 is 16.4 Å². The van der Waals surface area contributed by atoms with Crippen LogP contribution in [0.5, 0.6) is 0 Å². The molecule has 0 aliphatic carbocycles. The molecule has 0 bridgehead atoms. The van der Waals surface area contributed by atoms with Gasteiger partial charge in [-0.3, -0.25) is 9.59 Å². The Morgan fingerprint density at radius 1 is 1.26 bits per heavy atom. The third kappa shape index (κ3) is 3.26. The number of hydrogen-bond donors (Lipinski definition) is 3. The summed E-state index contributed by atoms with van der Waals surface area (Å²) in [5.74, 6) is 0.659. The number of hydrogen-bond acceptors (Lipinski definition) is 5. The lowest BCUT2D eigenvalue weighted by Crippen LogP contribution is -2.36. The average Bonchev–Trinajstić information content (AvgIpc) is 3.11. The number of aromatic nitrogens is 3. The lowest BCUT2D eigenvalue weighted by molar-refractivity contribution is 0.0917. The van der Waals surface area contributed by atoms with Crippen LogP contribution in [0, 0.1) is 0 Å². The summed E-state index contributed by atoms with van der Waals surface area (Å²) in [6.07, 6.45) is 0.508. The molecule has 1 aliphatic heterocycles. The first-order valence-corrected chi connectivity index (χ1v) is 8.87. The van der Waals surface area contributed by atoms with Crippen molar-refractivity contribution in [2.45, 2.75) is 19.5 Å². The average molecular weight is 364 g/mol. The van der Waals surface area contributed by atoms with Gasteiger partial charge in [-0.05, 0) is 28.5 Å². The Labute approximate surface area is 155 Å². The molecule has 0 saturated heterocycles. The van der Waals surface area contributed by atoms with Crippen molar-refractivity contribution in [1.29, 1.82) is 0 Å². The molecular formula is C19H20N6O2. The van der Waals surface area contributed by atoms with Gasteiger partial charge in [0.25, 0.3) is 11.8 Å². The summed E-state index contributed by atoms with van der Waals surface area (Å²) in [6.45, 7) is 2.04. The maximum absolute atomic E-state index is 12.5. The van der Waals surface area contributed by atoms with Crippen LogP contribution >= 0.6 is 0 Å². The molecule has 2 aromatic carbocycles. The number of amides is 2. The van der Waals surface area contributed by atoms with Gasteiger partial charge in [-0.15, -0.1) is 10.2 Å². The molecule has 4 rings (SSSR count). The van der Waals surface area contributed by atoms with E-state index in [-0.39, 0.29) is 11.8 Å². The second-order valence-electron chi connectivity index (χ2n) is 6.41. The van der Waals surface area contributed by atoms with E-state index >= 15 is 0 Å². The lowest BCUT2D eigenvalue weighted by atomic mass is 10.0. The predicted octanol–water partition coefficient (Wildman–Crippen LogP) is 0.606. The van der Waals surface area contributed by atoms with Crippen LogP contribution in [0.3, 0.4) is 0 Å². The largest absolute Gasteiger partial charge is 0.352 e. The molecule has 8 heteroatoms. The van der Waals surface area contributed by atoms with Crippen LogP contribution in [0.25, 0.3) is 10.8 Å². The third-order valence-corrected chi connectivity index (χ3v) is 4.74. The Morgan fingerprint density at radius 2 is 2.15 bits per heavy atom. The molecule has 2 amide bonds. The van der Waals surface area contributed by atoms with Crippen LogP contribution in [-0.2, 0) is 19.5 Å². The zero-order valence-corrected chi connectivity index (χ0v) is 14.7. The molecule has 0 unspecified atom stereocenters. The molecule has 8 nitrogen and oxygen atoms in total. The summed E-state index contributed by atoms with van der Waals surface area (Å²) in [6, 6.07) is 11.5. The number of nitrogens with two attached hydrogens (primary N) is 1. The monoisotopic (exact) mass is 364 g/mol. The first-order valence-electron chi connectivity index (χ1n) is 8.87. The van der Waals surface area contributed by atoms with Crippen molar-refractivity contribution in [2.24, 2.45) is 5.73 Å². The second-order valence-corrected chi connectivity index (χ2v) is 6.41. The minimum Gasteiger partial charge on any atom is -0.352 e. The Kier molecular flexibility index (Phi) is 4.55. The fraction of sp³-hybridized carbons (Fsp3) is 0.263. The maximum atomic E-state index is 12.5. The van der Waals surface area contributed by atoms with Crippen LogP contribution in [-0.4, -0.2) is 39.7 Å². The van der Waals surface area contributed by atoms with E-state index in [9.17, 15) is 9.59 Å². The van der Waals surface area contributed by atoms with Crippen LogP contribution in [0.1, 0.15) is 32.4 Å². The fourth-order valence-corrected chi connectivity index (χ4v) is 3.33. The summed E-state index contributed by atoms with van der Waals surface area (Å²) in [7, 11) is 0. The standard InChI is InChI=1S/C19H20N6O2/c20-11-14-3-1-2-12-4-5-13(10-15(12)14)18(26)21-7-6-16-23-24-17-19(27)22-8-9-25(16)17/h1-5,10H,6-9,11,20H2,(H,21,26)(H,22,27). The number of nitrogens with zero attached hydrogens (tertiary/aromatic N) is 3. The minimum absolute atomic E-state index is 0.153. The van der Waals surface area contributed by atoms with Gasteiger partial charge in [0.1, 0.15) is 5.82 Å². The normalized spacial score (nSPS) is 13.3. The number of fused-ring (bicyclic) bond motifs is 2. The van der Waals surface area contributed by atoms with Gasteiger partial charge in [-0.1, -0.05) is 24.3 Å². The van der Waals surface area contributed by atoms with Gasteiger partial charge in [0.15, 0.2) is 0 Å². The molecule has 138 valence electrons. The van der Waals surface area contributed by atoms with Gasteiger partial charge in [0.2, 0.25) is 5.82 Å². The van der Waals surface area contributed by atoms with Crippen molar-refractivity contribution < 1.29 is 9.59 Å². The van der Waals surface area contributed by atoms with Gasteiger partial charge in [-0.2, -0.15) is 0 Å². The zero-order chi connectivity index (χ0) is 18.8. The van der Waals surface area contributed by atoms with Crippen molar-refractivity contribution in [3.05, 3.63) is 59.2 Å². The van der Waals surface area contributed by atoms with E-state index in [4.69, 9.17) is 5.73 Å². The molecule has 4 N–H and O–H groups in total. The smallest absolute Gasteiger partial charge is 0.289 e. The van der Waals surface area contributed by atoms with Crippen molar-refractivity contribution in [2.75, 3.05) is 13.1 Å². The van der Waals surface area contributed by atoms with Crippen LogP contribution in [0.4, 0.5) is 0 Å². The first-order chi connectivity index (χ1) is 13.2. The summed E-state index contributed by atoms with van der Waals surface area (Å²) in [4.78, 5) is 24.2. The van der Waals surface area contributed by atoms with Gasteiger partial charge in [-0.25, -0.2) is 0 Å². The molecule has 0 fully saturated rings. The minimum atomic E-state index is -0.212. The number of rotatable bonds is 5.